The zero-order chi connectivity index (χ0) is 24.9. The van der Waals surface area contributed by atoms with Crippen molar-refractivity contribution in [3.63, 3.8) is 0 Å². The van der Waals surface area contributed by atoms with E-state index in [4.69, 9.17) is 27.9 Å². The van der Waals surface area contributed by atoms with E-state index in [1.807, 2.05) is 12.1 Å². The van der Waals surface area contributed by atoms with Gasteiger partial charge in [0.15, 0.2) is 5.75 Å². The summed E-state index contributed by atoms with van der Waals surface area (Å²) in [7, 11) is 1.31. The molecule has 7 nitrogen and oxygen atoms in total. The fourth-order valence-corrected chi connectivity index (χ4v) is 4.03. The average Bonchev–Trinajstić information content (AvgIpc) is 2.79. The molecule has 3 rings (SSSR count). The molecule has 0 radical (unpaired) electrons. The number of amides is 2. The Labute approximate surface area is 207 Å². The first-order valence-electron chi connectivity index (χ1n) is 10.7. The molecular weight excluding hydrogens is 486 g/mol. The molecule has 2 amide bonds. The number of esters is 1. The largest absolute Gasteiger partial charge is 0.469 e. The van der Waals surface area contributed by atoms with E-state index in [0.29, 0.717) is 31.0 Å². The second kappa shape index (κ2) is 11.1. The van der Waals surface area contributed by atoms with Crippen LogP contribution < -0.4 is 4.74 Å². The number of nitrogens with zero attached hydrogens (tertiary/aromatic N) is 2. The third-order valence-electron chi connectivity index (χ3n) is 5.80. The Bertz CT molecular complexity index is 1070. The maximum atomic E-state index is 13.6. The lowest BCUT2D eigenvalue weighted by Gasteiger charge is -2.49. The summed E-state index contributed by atoms with van der Waals surface area (Å²) in [5.74, 6) is -1.19. The number of carbonyl (C=O) groups excluding carboxylic acids is 3. The van der Waals surface area contributed by atoms with Crippen molar-refractivity contribution in [2.75, 3.05) is 20.2 Å². The van der Waals surface area contributed by atoms with Crippen LogP contribution >= 0.6 is 23.2 Å². The summed E-state index contributed by atoms with van der Waals surface area (Å²) in [6, 6.07) is 10.5. The molecule has 1 unspecified atom stereocenters. The molecule has 1 saturated heterocycles. The highest BCUT2D eigenvalue weighted by Gasteiger charge is 2.52. The number of rotatable bonds is 8. The molecule has 1 atom stereocenters. The molecule has 10 heteroatoms. The van der Waals surface area contributed by atoms with Crippen LogP contribution in [0, 0.1) is 5.82 Å². The Hall–Kier alpha value is -2.84. The molecule has 2 aromatic rings. The second-order valence-electron chi connectivity index (χ2n) is 8.15. The Morgan fingerprint density at radius 1 is 1.15 bits per heavy atom. The van der Waals surface area contributed by atoms with Crippen LogP contribution in [-0.2, 0) is 20.9 Å². The van der Waals surface area contributed by atoms with E-state index in [9.17, 15) is 18.8 Å². The van der Waals surface area contributed by atoms with Gasteiger partial charge in [0.1, 0.15) is 11.4 Å². The maximum Gasteiger partial charge on any atom is 0.416 e. The summed E-state index contributed by atoms with van der Waals surface area (Å²) in [5.41, 5.74) is -0.285. The quantitative estimate of drug-likeness (QED) is 0.463. The fraction of sp³-hybridized carbons (Fsp3) is 0.375. The first kappa shape index (κ1) is 25.8. The molecule has 1 fully saturated rings. The van der Waals surface area contributed by atoms with E-state index < -0.39 is 17.4 Å². The first-order valence-corrected chi connectivity index (χ1v) is 11.4. The number of likely N-dealkylation sites (tertiary alicyclic amines) is 1. The van der Waals surface area contributed by atoms with Crippen LogP contribution in [0.5, 0.6) is 5.75 Å². The Balaban J connectivity index is 1.75. The highest BCUT2D eigenvalue weighted by molar-refractivity contribution is 6.32. The Morgan fingerprint density at radius 3 is 2.44 bits per heavy atom. The highest BCUT2D eigenvalue weighted by Crippen LogP contribution is 2.35. The minimum Gasteiger partial charge on any atom is -0.469 e. The lowest BCUT2D eigenvalue weighted by Crippen LogP contribution is -2.68. The van der Waals surface area contributed by atoms with Crippen LogP contribution in [-0.4, -0.2) is 53.5 Å². The van der Waals surface area contributed by atoms with Gasteiger partial charge in [-0.05, 0) is 55.7 Å². The van der Waals surface area contributed by atoms with E-state index >= 15 is 0 Å². The number of benzene rings is 2. The molecular formula is C24H25Cl2FN2O5. The van der Waals surface area contributed by atoms with Crippen LogP contribution in [0.1, 0.15) is 31.7 Å². The monoisotopic (exact) mass is 510 g/mol. The minimum absolute atomic E-state index is 0.00543. The lowest BCUT2D eigenvalue weighted by molar-refractivity contribution is -0.151. The van der Waals surface area contributed by atoms with Crippen LogP contribution in [0.3, 0.4) is 0 Å². The van der Waals surface area contributed by atoms with Crippen molar-refractivity contribution in [1.29, 1.82) is 0 Å². The highest BCUT2D eigenvalue weighted by atomic mass is 35.5. The summed E-state index contributed by atoms with van der Waals surface area (Å²) in [5, 5.41) is 0.528. The first-order chi connectivity index (χ1) is 16.1. The molecule has 1 heterocycles. The second-order valence-corrected chi connectivity index (χ2v) is 8.99. The van der Waals surface area contributed by atoms with Crippen molar-refractivity contribution in [1.82, 2.24) is 9.80 Å². The average molecular weight is 511 g/mol. The smallest absolute Gasteiger partial charge is 0.416 e. The molecule has 0 saturated carbocycles. The Morgan fingerprint density at radius 2 is 1.85 bits per heavy atom. The molecule has 0 aromatic heterocycles. The topological polar surface area (TPSA) is 76.2 Å². The van der Waals surface area contributed by atoms with Gasteiger partial charge in [0, 0.05) is 31.1 Å². The molecule has 0 N–H and O–H groups in total. The molecule has 2 aromatic carbocycles. The number of carbonyl (C=O) groups is 3. The number of methoxy groups -OCH3 is 1. The van der Waals surface area contributed by atoms with Crippen molar-refractivity contribution < 1.29 is 28.2 Å². The third-order valence-corrected chi connectivity index (χ3v) is 6.35. The summed E-state index contributed by atoms with van der Waals surface area (Å²) >= 11 is 11.9. The van der Waals surface area contributed by atoms with E-state index in [0.717, 1.165) is 17.7 Å². The van der Waals surface area contributed by atoms with Gasteiger partial charge in [-0.3, -0.25) is 14.5 Å². The van der Waals surface area contributed by atoms with Gasteiger partial charge in [-0.2, -0.15) is 0 Å². The van der Waals surface area contributed by atoms with Crippen LogP contribution in [0.25, 0.3) is 0 Å². The molecule has 1 aliphatic rings. The Kier molecular flexibility index (Phi) is 8.38. The molecule has 0 spiro atoms. The van der Waals surface area contributed by atoms with Gasteiger partial charge in [0.25, 0.3) is 0 Å². The van der Waals surface area contributed by atoms with Gasteiger partial charge in [0.05, 0.1) is 12.1 Å². The third kappa shape index (κ3) is 5.98. The van der Waals surface area contributed by atoms with Crippen molar-refractivity contribution >= 4 is 41.2 Å². The van der Waals surface area contributed by atoms with Crippen LogP contribution in [0.15, 0.2) is 42.5 Å². The number of ether oxygens (including phenoxy) is 2. The van der Waals surface area contributed by atoms with Crippen LogP contribution in [0.2, 0.25) is 10.0 Å². The van der Waals surface area contributed by atoms with Gasteiger partial charge in [0.2, 0.25) is 5.91 Å². The molecule has 0 aliphatic carbocycles. The van der Waals surface area contributed by atoms with Gasteiger partial charge >= 0.3 is 12.1 Å². The summed E-state index contributed by atoms with van der Waals surface area (Å²) in [6.07, 6.45) is 0.243. The molecule has 0 bridgehead atoms. The van der Waals surface area contributed by atoms with Gasteiger partial charge in [-0.15, -0.1) is 0 Å². The van der Waals surface area contributed by atoms with Gasteiger partial charge in [-0.1, -0.05) is 35.3 Å². The van der Waals surface area contributed by atoms with E-state index in [2.05, 4.69) is 4.74 Å². The summed E-state index contributed by atoms with van der Waals surface area (Å²) in [6.45, 7) is 2.55. The van der Waals surface area contributed by atoms with Crippen molar-refractivity contribution in [2.45, 2.75) is 38.3 Å². The SMILES string of the molecule is COC(=O)CCCN(Cc1ccc(Cl)cc1)C(=O)C1(C)CCN1C(=O)Oc1ccc(F)cc1Cl. The van der Waals surface area contributed by atoms with Crippen LogP contribution in [0.4, 0.5) is 9.18 Å². The molecule has 1 aliphatic heterocycles. The maximum absolute atomic E-state index is 13.6. The normalized spacial score (nSPS) is 17.0. The van der Waals surface area contributed by atoms with Gasteiger partial charge < -0.3 is 14.4 Å². The number of hydrogen-bond acceptors (Lipinski definition) is 5. The van der Waals surface area contributed by atoms with Crippen molar-refractivity contribution in [3.05, 3.63) is 63.9 Å². The molecule has 34 heavy (non-hydrogen) atoms. The minimum atomic E-state index is -1.14. The summed E-state index contributed by atoms with van der Waals surface area (Å²) < 4.78 is 23.3. The van der Waals surface area contributed by atoms with Crippen molar-refractivity contribution in [2.24, 2.45) is 0 Å². The van der Waals surface area contributed by atoms with Crippen molar-refractivity contribution in [3.8, 4) is 5.75 Å². The predicted molar refractivity (Wildman–Crippen MR) is 125 cm³/mol. The summed E-state index contributed by atoms with van der Waals surface area (Å²) in [4.78, 5) is 40.9. The lowest BCUT2D eigenvalue weighted by atomic mass is 9.85. The molecule has 182 valence electrons. The van der Waals surface area contributed by atoms with E-state index in [1.165, 1.54) is 18.1 Å². The zero-order valence-corrected chi connectivity index (χ0v) is 20.4. The zero-order valence-electron chi connectivity index (χ0n) is 18.9. The van der Waals surface area contributed by atoms with E-state index in [-0.39, 0.29) is 35.6 Å². The van der Waals surface area contributed by atoms with Gasteiger partial charge in [-0.25, -0.2) is 9.18 Å². The standard InChI is InChI=1S/C24H25Cl2FN2O5/c1-24(11-13-29(24)23(32)34-20-10-9-18(27)14-19(20)26)22(31)28(12-3-4-21(30)33-2)15-16-5-7-17(25)8-6-16/h5-10,14H,3-4,11-13,15H2,1-2H3. The fourth-order valence-electron chi connectivity index (χ4n) is 3.70. The van der Waals surface area contributed by atoms with E-state index in [1.54, 1.807) is 24.0 Å². The number of halogens is 3. The number of hydrogen-bond donors (Lipinski definition) is 0. The predicted octanol–water partition coefficient (Wildman–Crippen LogP) is 5.08.